The molecule has 0 aliphatic heterocycles. The molecule has 0 amide bonds. The molecule has 0 unspecified atom stereocenters. The molecule has 0 saturated carbocycles. The van der Waals surface area contributed by atoms with Gasteiger partial charge in [-0.25, -0.2) is 0 Å². The van der Waals surface area contributed by atoms with Gasteiger partial charge in [0.05, 0.1) is 4.92 Å². The van der Waals surface area contributed by atoms with E-state index in [0.29, 0.717) is 16.2 Å². The van der Waals surface area contributed by atoms with Crippen molar-refractivity contribution in [3.8, 4) is 0 Å². The highest BCUT2D eigenvalue weighted by Gasteiger charge is 2.24. The Morgan fingerprint density at radius 1 is 1.10 bits per heavy atom. The first-order valence-electron chi connectivity index (χ1n) is 9.04. The van der Waals surface area contributed by atoms with E-state index in [2.05, 4.69) is 12.2 Å². The Kier molecular flexibility index (Phi) is 6.31. The molecule has 0 fully saturated rings. The van der Waals surface area contributed by atoms with Crippen molar-refractivity contribution in [3.63, 3.8) is 0 Å². The summed E-state index contributed by atoms with van der Waals surface area (Å²) < 4.78 is 1.70. The number of thiocarbonyl (C=S) groups is 1. The van der Waals surface area contributed by atoms with Gasteiger partial charge in [0.15, 0.2) is 23.1 Å². The van der Waals surface area contributed by atoms with Gasteiger partial charge in [0.25, 0.3) is 11.4 Å². The number of anilines is 1. The Bertz CT molecular complexity index is 1060. The third kappa shape index (κ3) is 4.83. The molecule has 7 heteroatoms. The number of aromatic nitrogens is 1. The van der Waals surface area contributed by atoms with E-state index in [0.717, 1.165) is 17.7 Å². The smallest absolute Gasteiger partial charge is 0.288 e. The lowest BCUT2D eigenvalue weighted by Crippen LogP contribution is -2.38. The van der Waals surface area contributed by atoms with Crippen LogP contribution in [0, 0.1) is 10.1 Å². The zero-order chi connectivity index (χ0) is 20.8. The van der Waals surface area contributed by atoms with Crippen LogP contribution in [0.1, 0.15) is 18.1 Å². The summed E-state index contributed by atoms with van der Waals surface area (Å²) in [4.78, 5) is 10.7. The SMILES string of the molecule is CCc1cccc(NC(=S)/C(=C(/O)c2ccc([N+](=O)[O-])cc2)[n+]2ccccc2)c1. The molecule has 0 atom stereocenters. The van der Waals surface area contributed by atoms with Crippen LogP contribution in [-0.2, 0) is 6.42 Å². The normalized spacial score (nSPS) is 11.5. The number of hydrogen-bond donors (Lipinski definition) is 2. The zero-order valence-electron chi connectivity index (χ0n) is 15.8. The lowest BCUT2D eigenvalue weighted by Gasteiger charge is -2.11. The van der Waals surface area contributed by atoms with Crippen LogP contribution in [0.25, 0.3) is 11.5 Å². The van der Waals surface area contributed by atoms with Gasteiger partial charge in [-0.1, -0.05) is 37.3 Å². The summed E-state index contributed by atoms with van der Waals surface area (Å²) in [6.07, 6.45) is 4.44. The number of aliphatic hydroxyl groups is 1. The van der Waals surface area contributed by atoms with Gasteiger partial charge in [-0.3, -0.25) is 10.1 Å². The fourth-order valence-electron chi connectivity index (χ4n) is 2.83. The molecule has 2 N–H and O–H groups in total. The maximum absolute atomic E-state index is 11.0. The predicted octanol–water partition coefficient (Wildman–Crippen LogP) is 4.77. The van der Waals surface area contributed by atoms with E-state index in [-0.39, 0.29) is 11.4 Å². The molecule has 0 radical (unpaired) electrons. The molecule has 3 rings (SSSR count). The van der Waals surface area contributed by atoms with Crippen LogP contribution >= 0.6 is 12.2 Å². The molecule has 6 nitrogen and oxygen atoms in total. The predicted molar refractivity (Wildman–Crippen MR) is 118 cm³/mol. The third-order valence-corrected chi connectivity index (χ3v) is 4.65. The van der Waals surface area contributed by atoms with Gasteiger partial charge in [0.2, 0.25) is 0 Å². The summed E-state index contributed by atoms with van der Waals surface area (Å²) in [5.74, 6) is -0.0831. The van der Waals surface area contributed by atoms with E-state index in [9.17, 15) is 15.2 Å². The van der Waals surface area contributed by atoms with Gasteiger partial charge in [0.1, 0.15) is 0 Å². The average molecular weight is 406 g/mol. The van der Waals surface area contributed by atoms with Crippen molar-refractivity contribution in [1.82, 2.24) is 0 Å². The Morgan fingerprint density at radius 3 is 2.41 bits per heavy atom. The number of nitrogens with one attached hydrogen (secondary N) is 1. The number of hydrogen-bond acceptors (Lipinski definition) is 4. The van der Waals surface area contributed by atoms with Crippen molar-refractivity contribution in [2.24, 2.45) is 0 Å². The number of rotatable bonds is 6. The van der Waals surface area contributed by atoms with Crippen molar-refractivity contribution >= 4 is 40.0 Å². The Labute approximate surface area is 173 Å². The van der Waals surface area contributed by atoms with E-state index in [1.165, 1.54) is 24.3 Å². The number of aliphatic hydroxyl groups excluding tert-OH is 1. The molecule has 0 bridgehead atoms. The van der Waals surface area contributed by atoms with E-state index < -0.39 is 4.92 Å². The largest absolute Gasteiger partial charge is 0.502 e. The Morgan fingerprint density at radius 2 is 1.79 bits per heavy atom. The van der Waals surface area contributed by atoms with Crippen LogP contribution in [0.5, 0.6) is 0 Å². The van der Waals surface area contributed by atoms with E-state index in [4.69, 9.17) is 12.2 Å². The van der Waals surface area contributed by atoms with Crippen molar-refractivity contribution in [1.29, 1.82) is 0 Å². The summed E-state index contributed by atoms with van der Waals surface area (Å²) in [5.41, 5.74) is 2.73. The Hall–Kier alpha value is -3.58. The first-order chi connectivity index (χ1) is 14.0. The quantitative estimate of drug-likeness (QED) is 0.154. The van der Waals surface area contributed by atoms with Gasteiger partial charge in [-0.15, -0.1) is 0 Å². The molecule has 0 aliphatic rings. The number of pyridine rings is 1. The summed E-state index contributed by atoms with van der Waals surface area (Å²) in [7, 11) is 0. The first-order valence-corrected chi connectivity index (χ1v) is 9.45. The van der Waals surface area contributed by atoms with Gasteiger partial charge in [0, 0.05) is 35.5 Å². The van der Waals surface area contributed by atoms with Crippen LogP contribution in [0.15, 0.2) is 79.1 Å². The molecule has 146 valence electrons. The molecule has 0 saturated heterocycles. The van der Waals surface area contributed by atoms with Gasteiger partial charge >= 0.3 is 0 Å². The summed E-state index contributed by atoms with van der Waals surface area (Å²) in [6, 6.07) is 19.1. The van der Waals surface area contributed by atoms with Crippen LogP contribution in [0.3, 0.4) is 0 Å². The van der Waals surface area contributed by atoms with Crippen molar-refractivity contribution in [2.45, 2.75) is 13.3 Å². The number of nitro groups is 1. The van der Waals surface area contributed by atoms with Crippen LogP contribution in [0.4, 0.5) is 11.4 Å². The molecule has 0 aliphatic carbocycles. The van der Waals surface area contributed by atoms with Crippen molar-refractivity contribution < 1.29 is 14.6 Å². The maximum Gasteiger partial charge on any atom is 0.288 e. The number of nitro benzene ring substituents is 1. The van der Waals surface area contributed by atoms with Crippen molar-refractivity contribution in [2.75, 3.05) is 5.32 Å². The van der Waals surface area contributed by atoms with Gasteiger partial charge in [-0.2, -0.15) is 4.57 Å². The third-order valence-electron chi connectivity index (χ3n) is 4.36. The first kappa shape index (κ1) is 20.2. The molecule has 1 heterocycles. The van der Waals surface area contributed by atoms with Gasteiger partial charge < -0.3 is 10.4 Å². The maximum atomic E-state index is 11.0. The molecule has 29 heavy (non-hydrogen) atoms. The number of aryl methyl sites for hydroxylation is 1. The summed E-state index contributed by atoms with van der Waals surface area (Å²) >= 11 is 5.60. The van der Waals surface area contributed by atoms with Crippen LogP contribution in [-0.4, -0.2) is 15.0 Å². The van der Waals surface area contributed by atoms with E-state index >= 15 is 0 Å². The monoisotopic (exact) mass is 406 g/mol. The molecule has 3 aromatic rings. The molecular formula is C22H20N3O3S+. The van der Waals surface area contributed by atoms with Crippen LogP contribution in [0.2, 0.25) is 0 Å². The highest BCUT2D eigenvalue weighted by atomic mass is 32.1. The van der Waals surface area contributed by atoms with Crippen molar-refractivity contribution in [3.05, 3.63) is 100 Å². The zero-order valence-corrected chi connectivity index (χ0v) is 16.6. The minimum Gasteiger partial charge on any atom is -0.502 e. The fraction of sp³-hybridized carbons (Fsp3) is 0.0909. The van der Waals surface area contributed by atoms with Gasteiger partial charge in [-0.05, 0) is 36.2 Å². The second-order valence-corrected chi connectivity index (χ2v) is 6.70. The van der Waals surface area contributed by atoms with Crippen LogP contribution < -0.4 is 9.88 Å². The highest BCUT2D eigenvalue weighted by Crippen LogP contribution is 2.22. The minimum atomic E-state index is -0.482. The fourth-order valence-corrected chi connectivity index (χ4v) is 3.15. The lowest BCUT2D eigenvalue weighted by molar-refractivity contribution is -0.575. The molecule has 0 spiro atoms. The lowest BCUT2D eigenvalue weighted by atomic mass is 10.1. The number of benzene rings is 2. The Balaban J connectivity index is 2.03. The standard InChI is InChI=1S/C22H19N3O3S/c1-2-16-7-6-8-18(15-16)23-22(29)20(24-13-4-3-5-14-24)21(26)17-9-11-19(12-10-17)25(27)28/h3-15H,2H2,1H3,(H-,23,26,29)/p+1. The number of non-ortho nitro benzene ring substituents is 1. The second-order valence-electron chi connectivity index (χ2n) is 6.29. The minimum absolute atomic E-state index is 0.0486. The second kappa shape index (κ2) is 9.07. The van der Waals surface area contributed by atoms with E-state index in [1.807, 2.05) is 42.5 Å². The molecular weight excluding hydrogens is 386 g/mol. The molecule has 2 aromatic carbocycles. The summed E-state index contributed by atoms with van der Waals surface area (Å²) in [6.45, 7) is 2.07. The highest BCUT2D eigenvalue weighted by molar-refractivity contribution is 7.81. The average Bonchev–Trinajstić information content (AvgIpc) is 2.74. The van der Waals surface area contributed by atoms with E-state index in [1.54, 1.807) is 17.0 Å². The molecule has 1 aromatic heterocycles. The topological polar surface area (TPSA) is 79.3 Å². The number of nitrogens with zero attached hydrogens (tertiary/aromatic N) is 2. The summed E-state index contributed by atoms with van der Waals surface area (Å²) in [5, 5.41) is 25.1.